The molecule has 160 valence electrons. The van der Waals surface area contributed by atoms with Gasteiger partial charge in [0.05, 0.1) is 13.2 Å². The summed E-state index contributed by atoms with van der Waals surface area (Å²) in [6.45, 7) is 9.61. The number of hydrogen-bond acceptors (Lipinski definition) is 7. The van der Waals surface area contributed by atoms with E-state index in [1.807, 2.05) is 48.2 Å². The van der Waals surface area contributed by atoms with Gasteiger partial charge in [0.15, 0.2) is 6.10 Å². The second kappa shape index (κ2) is 9.30. The minimum absolute atomic E-state index is 0.0117. The zero-order valence-electron chi connectivity index (χ0n) is 17.7. The van der Waals surface area contributed by atoms with Crippen molar-refractivity contribution >= 4 is 17.7 Å². The van der Waals surface area contributed by atoms with E-state index in [1.165, 1.54) is 0 Å². The number of benzene rings is 1. The number of aryl methyl sites for hydroxylation is 1. The zero-order chi connectivity index (χ0) is 20.9. The second-order valence-electron chi connectivity index (χ2n) is 7.65. The van der Waals surface area contributed by atoms with Crippen LogP contribution in [0.3, 0.4) is 0 Å². The number of carbonyl (C=O) groups excluding carboxylic acids is 1. The number of ether oxygens (including phenoxy) is 2. The molecule has 2 fully saturated rings. The summed E-state index contributed by atoms with van der Waals surface area (Å²) in [6, 6.07) is 11.5. The lowest BCUT2D eigenvalue weighted by molar-refractivity contribution is -0.138. The van der Waals surface area contributed by atoms with Crippen molar-refractivity contribution in [2.45, 2.75) is 20.0 Å². The van der Waals surface area contributed by atoms with Crippen molar-refractivity contribution in [2.24, 2.45) is 0 Å². The molecule has 0 saturated carbocycles. The molecule has 0 bridgehead atoms. The van der Waals surface area contributed by atoms with Crippen LogP contribution >= 0.6 is 0 Å². The first-order valence-corrected chi connectivity index (χ1v) is 10.5. The van der Waals surface area contributed by atoms with Crippen LogP contribution in [0.4, 0.5) is 11.8 Å². The van der Waals surface area contributed by atoms with Gasteiger partial charge in [0.1, 0.15) is 11.6 Å². The van der Waals surface area contributed by atoms with Gasteiger partial charge >= 0.3 is 0 Å². The number of aromatic nitrogens is 2. The van der Waals surface area contributed by atoms with Crippen LogP contribution in [0.1, 0.15) is 12.6 Å². The molecule has 0 aliphatic carbocycles. The Morgan fingerprint density at radius 3 is 2.40 bits per heavy atom. The third-order valence-corrected chi connectivity index (χ3v) is 5.44. The van der Waals surface area contributed by atoms with E-state index in [4.69, 9.17) is 14.5 Å². The van der Waals surface area contributed by atoms with E-state index in [9.17, 15) is 4.79 Å². The lowest BCUT2D eigenvalue weighted by Gasteiger charge is -2.36. The van der Waals surface area contributed by atoms with Gasteiger partial charge in [0, 0.05) is 51.0 Å². The van der Waals surface area contributed by atoms with E-state index < -0.39 is 6.10 Å². The van der Waals surface area contributed by atoms with Crippen LogP contribution in [0.15, 0.2) is 36.4 Å². The summed E-state index contributed by atoms with van der Waals surface area (Å²) in [4.78, 5) is 28.5. The number of hydrogen-bond donors (Lipinski definition) is 0. The molecule has 0 N–H and O–H groups in total. The average molecular weight is 412 g/mol. The van der Waals surface area contributed by atoms with E-state index in [2.05, 4.69) is 14.8 Å². The lowest BCUT2D eigenvalue weighted by Crippen LogP contribution is -2.52. The van der Waals surface area contributed by atoms with Gasteiger partial charge in [-0.3, -0.25) is 4.79 Å². The summed E-state index contributed by atoms with van der Waals surface area (Å²) < 4.78 is 11.2. The Labute approximate surface area is 177 Å². The number of anilines is 2. The van der Waals surface area contributed by atoms with Crippen molar-refractivity contribution in [3.63, 3.8) is 0 Å². The summed E-state index contributed by atoms with van der Waals surface area (Å²) in [5, 5.41) is 0. The highest BCUT2D eigenvalue weighted by atomic mass is 16.5. The van der Waals surface area contributed by atoms with Crippen LogP contribution in [0.5, 0.6) is 5.75 Å². The fourth-order valence-corrected chi connectivity index (χ4v) is 3.77. The fraction of sp³-hybridized carbons (Fsp3) is 0.500. The van der Waals surface area contributed by atoms with Gasteiger partial charge < -0.3 is 24.2 Å². The molecule has 0 spiro atoms. The molecule has 0 radical (unpaired) electrons. The van der Waals surface area contributed by atoms with Crippen LogP contribution in [0.25, 0.3) is 0 Å². The third kappa shape index (κ3) is 4.81. The molecule has 4 rings (SSSR count). The van der Waals surface area contributed by atoms with Gasteiger partial charge in [-0.05, 0) is 26.0 Å². The normalized spacial score (nSPS) is 18.3. The van der Waals surface area contributed by atoms with Gasteiger partial charge in [-0.25, -0.2) is 4.98 Å². The summed E-state index contributed by atoms with van der Waals surface area (Å²) >= 11 is 0. The van der Waals surface area contributed by atoms with Crippen molar-refractivity contribution in [1.82, 2.24) is 14.9 Å². The van der Waals surface area contributed by atoms with E-state index in [0.29, 0.717) is 31.9 Å². The highest BCUT2D eigenvalue weighted by Crippen LogP contribution is 2.20. The van der Waals surface area contributed by atoms with Crippen molar-refractivity contribution in [3.8, 4) is 5.75 Å². The van der Waals surface area contributed by atoms with E-state index in [1.54, 1.807) is 6.92 Å². The molecule has 8 nitrogen and oxygen atoms in total. The van der Waals surface area contributed by atoms with Crippen LogP contribution in [0.2, 0.25) is 0 Å². The summed E-state index contributed by atoms with van der Waals surface area (Å²) in [7, 11) is 0. The number of morpholine rings is 1. The standard InChI is InChI=1S/C22H29N5O3/c1-17-16-20(25-12-14-29-15-13-25)24-22(23-17)27-10-8-26(9-11-27)21(28)18(2)30-19-6-4-3-5-7-19/h3-7,16,18H,8-15H2,1-2H3. The minimum Gasteiger partial charge on any atom is -0.481 e. The zero-order valence-corrected chi connectivity index (χ0v) is 17.7. The molecular formula is C22H29N5O3. The molecule has 2 saturated heterocycles. The Bertz CT molecular complexity index is 849. The van der Waals surface area contributed by atoms with Crippen LogP contribution in [-0.4, -0.2) is 79.4 Å². The van der Waals surface area contributed by atoms with Crippen molar-refractivity contribution in [1.29, 1.82) is 0 Å². The molecule has 1 unspecified atom stereocenters. The van der Waals surface area contributed by atoms with Gasteiger partial charge in [0.2, 0.25) is 5.95 Å². The van der Waals surface area contributed by atoms with Crippen molar-refractivity contribution < 1.29 is 14.3 Å². The second-order valence-corrected chi connectivity index (χ2v) is 7.65. The Morgan fingerprint density at radius 1 is 1.00 bits per heavy atom. The van der Waals surface area contributed by atoms with Crippen LogP contribution in [-0.2, 0) is 9.53 Å². The topological polar surface area (TPSA) is 71.0 Å². The average Bonchev–Trinajstić information content (AvgIpc) is 2.79. The monoisotopic (exact) mass is 411 g/mol. The number of piperazine rings is 1. The maximum atomic E-state index is 12.8. The van der Waals surface area contributed by atoms with E-state index in [-0.39, 0.29) is 5.91 Å². The van der Waals surface area contributed by atoms with Crippen molar-refractivity contribution in [2.75, 3.05) is 62.3 Å². The van der Waals surface area contributed by atoms with E-state index in [0.717, 1.165) is 43.8 Å². The van der Waals surface area contributed by atoms with Gasteiger partial charge in [-0.2, -0.15) is 4.98 Å². The largest absolute Gasteiger partial charge is 0.481 e. The molecule has 2 aromatic rings. The SMILES string of the molecule is Cc1cc(N2CCOCC2)nc(N2CCN(C(=O)C(C)Oc3ccccc3)CC2)n1. The molecule has 1 atom stereocenters. The maximum Gasteiger partial charge on any atom is 0.263 e. The number of para-hydroxylation sites is 1. The maximum absolute atomic E-state index is 12.8. The molecule has 3 heterocycles. The third-order valence-electron chi connectivity index (χ3n) is 5.44. The molecule has 8 heteroatoms. The molecule has 1 amide bonds. The first-order valence-electron chi connectivity index (χ1n) is 10.5. The van der Waals surface area contributed by atoms with Crippen molar-refractivity contribution in [3.05, 3.63) is 42.1 Å². The van der Waals surface area contributed by atoms with Crippen LogP contribution in [0, 0.1) is 6.92 Å². The Morgan fingerprint density at radius 2 is 1.70 bits per heavy atom. The Hall–Kier alpha value is -2.87. The van der Waals surface area contributed by atoms with Gasteiger partial charge in [0.25, 0.3) is 5.91 Å². The number of carbonyl (C=O) groups is 1. The van der Waals surface area contributed by atoms with E-state index >= 15 is 0 Å². The van der Waals surface area contributed by atoms with Gasteiger partial charge in [-0.15, -0.1) is 0 Å². The number of rotatable bonds is 5. The number of nitrogens with zero attached hydrogens (tertiary/aromatic N) is 5. The first-order chi connectivity index (χ1) is 14.6. The molecule has 2 aliphatic rings. The van der Waals surface area contributed by atoms with Gasteiger partial charge in [-0.1, -0.05) is 18.2 Å². The summed E-state index contributed by atoms with van der Waals surface area (Å²) in [6.07, 6.45) is -0.512. The summed E-state index contributed by atoms with van der Waals surface area (Å²) in [5.41, 5.74) is 0.949. The molecule has 2 aliphatic heterocycles. The minimum atomic E-state index is -0.512. The molecule has 30 heavy (non-hydrogen) atoms. The predicted octanol–water partition coefficient (Wildman–Crippen LogP) is 1.74. The highest BCUT2D eigenvalue weighted by Gasteiger charge is 2.27. The predicted molar refractivity (Wildman–Crippen MR) is 115 cm³/mol. The molecule has 1 aromatic carbocycles. The fourth-order valence-electron chi connectivity index (χ4n) is 3.77. The Balaban J connectivity index is 1.36. The first kappa shape index (κ1) is 20.4. The van der Waals surface area contributed by atoms with Crippen LogP contribution < -0.4 is 14.5 Å². The molecular weight excluding hydrogens is 382 g/mol. The quantitative estimate of drug-likeness (QED) is 0.742. The molecule has 1 aromatic heterocycles. The Kier molecular flexibility index (Phi) is 6.32. The lowest BCUT2D eigenvalue weighted by atomic mass is 10.2. The highest BCUT2D eigenvalue weighted by molar-refractivity contribution is 5.81. The smallest absolute Gasteiger partial charge is 0.263 e. The summed E-state index contributed by atoms with van der Waals surface area (Å²) in [5.74, 6) is 2.40. The number of amides is 1.